The summed E-state index contributed by atoms with van der Waals surface area (Å²) in [6, 6.07) is 6.58. The normalized spacial score (nSPS) is 22.4. The van der Waals surface area contributed by atoms with Crippen LogP contribution in [0.25, 0.3) is 0 Å². The second-order valence-electron chi connectivity index (χ2n) is 3.84. The van der Waals surface area contributed by atoms with Crippen LogP contribution in [0.15, 0.2) is 24.3 Å². The first-order valence-corrected chi connectivity index (χ1v) is 5.40. The predicted molar refractivity (Wildman–Crippen MR) is 70.0 cm³/mol. The molecule has 1 aromatic carbocycles. The van der Waals surface area contributed by atoms with Crippen LogP contribution >= 0.6 is 0 Å². The van der Waals surface area contributed by atoms with Crippen molar-refractivity contribution in [2.24, 2.45) is 5.73 Å². The Bertz CT molecular complexity index is 524. The van der Waals surface area contributed by atoms with Gasteiger partial charge in [-0.3, -0.25) is 0 Å². The molecular weight excluding hydrogens is 214 g/mol. The Hall–Kier alpha value is -0.900. The third kappa shape index (κ3) is 4.46. The lowest BCUT2D eigenvalue weighted by Crippen LogP contribution is -2.48. The molecule has 0 saturated carbocycles. The monoisotopic (exact) mass is 243 g/mol. The summed E-state index contributed by atoms with van der Waals surface area (Å²) in [6.45, 7) is -4.10. The van der Waals surface area contributed by atoms with Gasteiger partial charge in [-0.2, -0.15) is 0 Å². The number of hydrogen-bond acceptors (Lipinski definition) is 3. The van der Waals surface area contributed by atoms with E-state index in [0.717, 1.165) is 12.7 Å². The van der Waals surface area contributed by atoms with E-state index in [9.17, 15) is 5.11 Å². The van der Waals surface area contributed by atoms with E-state index in [1.54, 1.807) is 24.3 Å². The van der Waals surface area contributed by atoms with Crippen molar-refractivity contribution < 1.29 is 18.1 Å². The van der Waals surface area contributed by atoms with Crippen molar-refractivity contribution in [1.29, 1.82) is 0 Å². The van der Waals surface area contributed by atoms with Crippen molar-refractivity contribution in [3.63, 3.8) is 0 Å². The first-order chi connectivity index (χ1) is 10.2. The largest absolute Gasteiger partial charge is 0.394 e. The van der Waals surface area contributed by atoms with Gasteiger partial charge < -0.3 is 15.6 Å². The van der Waals surface area contributed by atoms with E-state index >= 15 is 0 Å². The molecule has 0 radical (unpaired) electrons. The number of methoxy groups -OCH3 is 1. The smallest absolute Gasteiger partial charge is 0.0665 e. The number of benzene rings is 1. The number of nitrogens with two attached hydrogens (primary N) is 1. The molecule has 0 aromatic heterocycles. The van der Waals surface area contributed by atoms with Gasteiger partial charge in [0.15, 0.2) is 0 Å². The highest BCUT2D eigenvalue weighted by Gasteiger charge is 2.23. The summed E-state index contributed by atoms with van der Waals surface area (Å²) in [6.07, 6.45) is -1.46. The van der Waals surface area contributed by atoms with Gasteiger partial charge >= 0.3 is 0 Å². The van der Waals surface area contributed by atoms with Crippen molar-refractivity contribution >= 4 is 0 Å². The molecule has 3 heteroatoms. The number of aliphatic hydroxyl groups is 1. The zero-order valence-electron chi connectivity index (χ0n) is 16.2. The Morgan fingerprint density at radius 2 is 1.94 bits per heavy atom. The molecule has 96 valence electrons. The van der Waals surface area contributed by atoms with Crippen LogP contribution < -0.4 is 5.73 Å². The first-order valence-electron chi connectivity index (χ1n) is 8.40. The highest BCUT2D eigenvalue weighted by Crippen LogP contribution is 2.13. The fourth-order valence-electron chi connectivity index (χ4n) is 1.49. The number of aryl methyl sites for hydroxylation is 2. The van der Waals surface area contributed by atoms with Gasteiger partial charge in [-0.15, -0.1) is 0 Å². The molecule has 0 amide bonds. The first kappa shape index (κ1) is 7.52. The fourth-order valence-corrected chi connectivity index (χ4v) is 1.49. The second kappa shape index (κ2) is 6.74. The van der Waals surface area contributed by atoms with E-state index in [1.165, 1.54) is 6.92 Å². The Kier molecular flexibility index (Phi) is 2.98. The Morgan fingerprint density at radius 1 is 1.35 bits per heavy atom. The van der Waals surface area contributed by atoms with Crippen LogP contribution in [0.2, 0.25) is 0 Å². The molecule has 0 aliphatic heterocycles. The second-order valence-corrected chi connectivity index (χ2v) is 3.84. The van der Waals surface area contributed by atoms with E-state index < -0.39 is 25.0 Å². The molecule has 0 aliphatic rings. The van der Waals surface area contributed by atoms with Crippen LogP contribution in [-0.4, -0.2) is 30.9 Å². The third-order valence-corrected chi connectivity index (χ3v) is 2.53. The average molecular weight is 243 g/mol. The lowest BCUT2D eigenvalue weighted by atomic mass is 9.93. The number of rotatable bonds is 7. The lowest BCUT2D eigenvalue weighted by Gasteiger charge is -2.26. The predicted octanol–water partition coefficient (Wildman–Crippen LogP) is 1.52. The van der Waals surface area contributed by atoms with E-state index in [0.29, 0.717) is 5.56 Å². The van der Waals surface area contributed by atoms with E-state index in [1.807, 2.05) is 0 Å². The summed E-state index contributed by atoms with van der Waals surface area (Å²) in [7, 11) is 1.06. The summed E-state index contributed by atoms with van der Waals surface area (Å²) in [5.74, 6) is 0. The van der Waals surface area contributed by atoms with E-state index in [4.69, 9.17) is 14.0 Å². The number of hydrogen-bond donors (Lipinski definition) is 2. The van der Waals surface area contributed by atoms with Gasteiger partial charge in [-0.1, -0.05) is 31.2 Å². The quantitative estimate of drug-likeness (QED) is 0.763. The minimum Gasteiger partial charge on any atom is -0.394 e. The minimum atomic E-state index is -2.98. The molecule has 0 aliphatic carbocycles. The molecular formula is C14H23NO2. The van der Waals surface area contributed by atoms with E-state index in [2.05, 4.69) is 4.74 Å². The topological polar surface area (TPSA) is 55.5 Å². The lowest BCUT2D eigenvalue weighted by molar-refractivity contribution is 0.0817. The van der Waals surface area contributed by atoms with Crippen molar-refractivity contribution in [2.45, 2.75) is 31.7 Å². The van der Waals surface area contributed by atoms with Gasteiger partial charge in [-0.25, -0.2) is 0 Å². The molecule has 1 atom stereocenters. The zero-order chi connectivity index (χ0) is 18.1. The van der Waals surface area contributed by atoms with Gasteiger partial charge in [0.25, 0.3) is 0 Å². The SMILES string of the molecule is [2H]C([2H])(C)c1ccc(CCC(N)(C([2H])([2H])O)C([2H])([2H])OC)cc1. The van der Waals surface area contributed by atoms with Crippen molar-refractivity contribution in [2.75, 3.05) is 20.2 Å². The maximum Gasteiger partial charge on any atom is 0.0665 e. The van der Waals surface area contributed by atoms with Crippen molar-refractivity contribution in [1.82, 2.24) is 0 Å². The molecule has 17 heavy (non-hydrogen) atoms. The van der Waals surface area contributed by atoms with Crippen LogP contribution in [0.4, 0.5) is 0 Å². The van der Waals surface area contributed by atoms with Crippen LogP contribution in [0.3, 0.4) is 0 Å². The van der Waals surface area contributed by atoms with Crippen molar-refractivity contribution in [3.05, 3.63) is 35.4 Å². The van der Waals surface area contributed by atoms with Crippen molar-refractivity contribution in [3.8, 4) is 0 Å². The molecule has 1 unspecified atom stereocenters. The molecule has 1 aromatic rings. The van der Waals surface area contributed by atoms with Gasteiger partial charge in [0.05, 0.1) is 24.1 Å². The Labute approximate surface area is 112 Å². The molecule has 3 N–H and O–H groups in total. The molecule has 0 bridgehead atoms. The number of ether oxygens (including phenoxy) is 1. The fraction of sp³-hybridized carbons (Fsp3) is 0.571. The van der Waals surface area contributed by atoms with Gasteiger partial charge in [0.1, 0.15) is 0 Å². The van der Waals surface area contributed by atoms with Gasteiger partial charge in [0, 0.05) is 9.85 Å². The maximum absolute atomic E-state index is 9.67. The Balaban J connectivity index is 2.96. The highest BCUT2D eigenvalue weighted by molar-refractivity contribution is 5.22. The molecule has 0 spiro atoms. The summed E-state index contributed by atoms with van der Waals surface area (Å²) < 4.78 is 50.3. The minimum absolute atomic E-state index is 0.199. The summed E-state index contributed by atoms with van der Waals surface area (Å²) >= 11 is 0. The van der Waals surface area contributed by atoms with Gasteiger partial charge in [0.2, 0.25) is 0 Å². The van der Waals surface area contributed by atoms with Crippen LogP contribution in [0.5, 0.6) is 0 Å². The highest BCUT2D eigenvalue weighted by atomic mass is 16.5. The molecule has 0 saturated heterocycles. The third-order valence-electron chi connectivity index (χ3n) is 2.53. The molecule has 1 rings (SSSR count). The maximum atomic E-state index is 9.67. The van der Waals surface area contributed by atoms with Crippen LogP contribution in [0, 0.1) is 0 Å². The van der Waals surface area contributed by atoms with Crippen LogP contribution in [0.1, 0.15) is 32.7 Å². The zero-order valence-corrected chi connectivity index (χ0v) is 10.2. The molecule has 3 nitrogen and oxygen atoms in total. The van der Waals surface area contributed by atoms with Crippen LogP contribution in [-0.2, 0) is 17.5 Å². The standard InChI is InChI=1S/C14H23NO2/c1-3-12-4-6-13(7-5-12)8-9-14(15,10-16)11-17-2/h4-7,16H,3,8-11,15H2,1-2H3/i3D2,10D2,11D2. The molecule has 0 fully saturated rings. The summed E-state index contributed by atoms with van der Waals surface area (Å²) in [5.41, 5.74) is 4.80. The average Bonchev–Trinajstić information content (AvgIpc) is 2.42. The van der Waals surface area contributed by atoms with E-state index in [-0.39, 0.29) is 12.8 Å². The summed E-state index contributed by atoms with van der Waals surface area (Å²) in [4.78, 5) is 0. The summed E-state index contributed by atoms with van der Waals surface area (Å²) in [5, 5.41) is 9.67. The molecule has 0 heterocycles. The Morgan fingerprint density at radius 3 is 2.41 bits per heavy atom. The van der Waals surface area contributed by atoms with Gasteiger partial charge in [-0.05, 0) is 30.3 Å².